The van der Waals surface area contributed by atoms with Gasteiger partial charge in [0.1, 0.15) is 6.17 Å². The molecule has 0 bridgehead atoms. The van der Waals surface area contributed by atoms with Crippen LogP contribution in [0.2, 0.25) is 0 Å². The summed E-state index contributed by atoms with van der Waals surface area (Å²) in [6, 6.07) is 7.90. The Labute approximate surface area is 199 Å². The Balaban J connectivity index is 1.69. The molecule has 180 valence electrons. The van der Waals surface area contributed by atoms with Crippen LogP contribution in [-0.4, -0.2) is 64.4 Å². The molecule has 0 radical (unpaired) electrons. The van der Waals surface area contributed by atoms with Crippen molar-refractivity contribution in [3.05, 3.63) is 58.3 Å². The molecule has 3 heterocycles. The van der Waals surface area contributed by atoms with Gasteiger partial charge < -0.3 is 28.6 Å². The highest BCUT2D eigenvalue weighted by Gasteiger charge is 2.45. The average Bonchev–Trinajstić information content (AvgIpc) is 2.89. The van der Waals surface area contributed by atoms with Crippen molar-refractivity contribution >= 4 is 5.97 Å². The van der Waals surface area contributed by atoms with E-state index in [2.05, 4.69) is 21.9 Å². The molecule has 34 heavy (non-hydrogen) atoms. The number of esters is 1. The Bertz CT molecular complexity index is 1160. The van der Waals surface area contributed by atoms with E-state index < -0.39 is 0 Å². The second kappa shape index (κ2) is 8.76. The highest BCUT2D eigenvalue weighted by atomic mass is 16.5. The Morgan fingerprint density at radius 3 is 1.88 bits per heavy atom. The second-order valence-corrected chi connectivity index (χ2v) is 8.64. The van der Waals surface area contributed by atoms with Crippen molar-refractivity contribution in [3.63, 3.8) is 0 Å². The number of nitrogens with zero attached hydrogens (tertiary/aromatic N) is 2. The fourth-order valence-corrected chi connectivity index (χ4v) is 5.55. The molecule has 3 aliphatic rings. The maximum atomic E-state index is 13.0. The van der Waals surface area contributed by atoms with Crippen molar-refractivity contribution in [1.29, 1.82) is 0 Å². The number of hydrogen-bond donors (Lipinski definition) is 0. The van der Waals surface area contributed by atoms with Gasteiger partial charge in [-0.25, -0.2) is 4.79 Å². The lowest BCUT2D eigenvalue weighted by Gasteiger charge is -2.52. The Kier molecular flexibility index (Phi) is 5.77. The normalized spacial score (nSPS) is 20.7. The quantitative estimate of drug-likeness (QED) is 0.622. The lowest BCUT2D eigenvalue weighted by Crippen LogP contribution is -2.51. The van der Waals surface area contributed by atoms with Crippen LogP contribution in [-0.2, 0) is 22.4 Å². The van der Waals surface area contributed by atoms with Crippen molar-refractivity contribution in [3.8, 4) is 23.0 Å². The predicted molar refractivity (Wildman–Crippen MR) is 125 cm³/mol. The number of carbonyl (C=O) groups is 1. The maximum Gasteiger partial charge on any atom is 0.337 e. The first kappa shape index (κ1) is 22.4. The third kappa shape index (κ3) is 3.36. The molecule has 2 aromatic rings. The summed E-state index contributed by atoms with van der Waals surface area (Å²) in [7, 11) is 8.01. The van der Waals surface area contributed by atoms with Gasteiger partial charge in [0.2, 0.25) is 0 Å². The molecule has 2 aromatic carbocycles. The number of ether oxygens (including phenoxy) is 5. The van der Waals surface area contributed by atoms with E-state index in [0.717, 1.165) is 48.4 Å². The lowest BCUT2D eigenvalue weighted by atomic mass is 9.83. The summed E-state index contributed by atoms with van der Waals surface area (Å²) in [5.41, 5.74) is 5.19. The van der Waals surface area contributed by atoms with E-state index in [1.54, 1.807) is 28.4 Å². The van der Waals surface area contributed by atoms with Crippen LogP contribution in [0.25, 0.3) is 0 Å². The summed E-state index contributed by atoms with van der Waals surface area (Å²) >= 11 is 0. The van der Waals surface area contributed by atoms with E-state index in [9.17, 15) is 4.79 Å². The van der Waals surface area contributed by atoms with Crippen molar-refractivity contribution in [1.82, 2.24) is 9.80 Å². The molecule has 0 unspecified atom stereocenters. The SMILES string of the molecule is COC(=O)C1=CN2CCc3cc(OC)c(OC)cc3[C@H]2N2CCc3cc(OC)c(OC)cc3[C@@H]12. The molecule has 3 aliphatic heterocycles. The van der Waals surface area contributed by atoms with Crippen molar-refractivity contribution < 1.29 is 28.5 Å². The Morgan fingerprint density at radius 2 is 1.29 bits per heavy atom. The predicted octanol–water partition coefficient (Wildman–Crippen LogP) is 3.25. The van der Waals surface area contributed by atoms with Crippen LogP contribution >= 0.6 is 0 Å². The van der Waals surface area contributed by atoms with E-state index in [1.165, 1.54) is 12.7 Å². The third-order valence-electron chi connectivity index (χ3n) is 7.12. The minimum Gasteiger partial charge on any atom is -0.493 e. The number of benzene rings is 2. The van der Waals surface area contributed by atoms with Gasteiger partial charge >= 0.3 is 5.97 Å². The summed E-state index contributed by atoms with van der Waals surface area (Å²) < 4.78 is 27.5. The topological polar surface area (TPSA) is 69.7 Å². The highest BCUT2D eigenvalue weighted by molar-refractivity contribution is 5.90. The van der Waals surface area contributed by atoms with Gasteiger partial charge in [0.05, 0.1) is 47.2 Å². The zero-order valence-corrected chi connectivity index (χ0v) is 20.2. The summed E-state index contributed by atoms with van der Waals surface area (Å²) in [6.45, 7) is 1.56. The maximum absolute atomic E-state index is 13.0. The zero-order chi connectivity index (χ0) is 24.0. The lowest BCUT2D eigenvalue weighted by molar-refractivity contribution is -0.138. The number of fused-ring (bicyclic) bond motifs is 7. The van der Waals surface area contributed by atoms with Gasteiger partial charge in [0.25, 0.3) is 0 Å². The largest absolute Gasteiger partial charge is 0.493 e. The molecule has 0 saturated carbocycles. The number of carbonyl (C=O) groups excluding carboxylic acids is 1. The minimum absolute atomic E-state index is 0.0387. The summed E-state index contributed by atoms with van der Waals surface area (Å²) in [5, 5.41) is 0. The van der Waals surface area contributed by atoms with Gasteiger partial charge in [-0.15, -0.1) is 0 Å². The van der Waals surface area contributed by atoms with E-state index in [1.807, 2.05) is 18.3 Å². The van der Waals surface area contributed by atoms with Crippen LogP contribution in [0.3, 0.4) is 0 Å². The van der Waals surface area contributed by atoms with E-state index in [0.29, 0.717) is 22.8 Å². The fourth-order valence-electron chi connectivity index (χ4n) is 5.55. The molecule has 8 heteroatoms. The average molecular weight is 467 g/mol. The van der Waals surface area contributed by atoms with Crippen LogP contribution in [0.15, 0.2) is 36.0 Å². The van der Waals surface area contributed by atoms with E-state index in [-0.39, 0.29) is 18.2 Å². The first-order valence-corrected chi connectivity index (χ1v) is 11.4. The molecular weight excluding hydrogens is 436 g/mol. The smallest absolute Gasteiger partial charge is 0.337 e. The van der Waals surface area contributed by atoms with E-state index >= 15 is 0 Å². The van der Waals surface area contributed by atoms with Crippen LogP contribution < -0.4 is 18.9 Å². The Hall–Kier alpha value is -3.39. The van der Waals surface area contributed by atoms with Crippen molar-refractivity contribution in [2.75, 3.05) is 48.6 Å². The van der Waals surface area contributed by atoms with Crippen LogP contribution in [0, 0.1) is 0 Å². The molecule has 5 rings (SSSR count). The molecular formula is C26H30N2O6. The highest BCUT2D eigenvalue weighted by Crippen LogP contribution is 2.50. The van der Waals surface area contributed by atoms with Crippen LogP contribution in [0.1, 0.15) is 34.5 Å². The third-order valence-corrected chi connectivity index (χ3v) is 7.12. The number of hydrogen-bond acceptors (Lipinski definition) is 8. The van der Waals surface area contributed by atoms with Gasteiger partial charge in [0.15, 0.2) is 23.0 Å². The first-order chi connectivity index (χ1) is 16.5. The molecule has 0 aromatic heterocycles. The van der Waals surface area contributed by atoms with Crippen LogP contribution in [0.5, 0.6) is 23.0 Å². The van der Waals surface area contributed by atoms with Gasteiger partial charge in [-0.2, -0.15) is 0 Å². The van der Waals surface area contributed by atoms with Gasteiger partial charge in [-0.3, -0.25) is 4.90 Å². The van der Waals surface area contributed by atoms with E-state index in [4.69, 9.17) is 23.7 Å². The van der Waals surface area contributed by atoms with Gasteiger partial charge in [-0.1, -0.05) is 0 Å². The minimum atomic E-state index is -0.325. The first-order valence-electron chi connectivity index (χ1n) is 11.4. The van der Waals surface area contributed by atoms with Crippen LogP contribution in [0.4, 0.5) is 0 Å². The molecule has 0 aliphatic carbocycles. The molecule has 0 fully saturated rings. The molecule has 0 amide bonds. The molecule has 0 saturated heterocycles. The summed E-state index contributed by atoms with van der Waals surface area (Å²) in [4.78, 5) is 17.6. The molecule has 2 atom stereocenters. The molecule has 0 N–H and O–H groups in total. The zero-order valence-electron chi connectivity index (χ0n) is 20.2. The monoisotopic (exact) mass is 466 g/mol. The summed E-state index contributed by atoms with van der Waals surface area (Å²) in [6.07, 6.45) is 3.61. The standard InChI is InChI=1S/C26H30N2O6/c1-30-20-10-15-7-9-28-24(17(15)12-22(20)32-3)19(26(29)34-5)14-27-8-6-16-11-21(31-2)23(33-4)13-18(16)25(27)28/h10-14,24-25H,6-9H2,1-5H3/t24-,25+/m0/s1. The molecule has 0 spiro atoms. The summed E-state index contributed by atoms with van der Waals surface area (Å²) in [5.74, 6) is 2.44. The second-order valence-electron chi connectivity index (χ2n) is 8.64. The number of methoxy groups -OCH3 is 5. The number of rotatable bonds is 5. The van der Waals surface area contributed by atoms with Gasteiger partial charge in [0, 0.05) is 19.3 Å². The molecule has 8 nitrogen and oxygen atoms in total. The van der Waals surface area contributed by atoms with Gasteiger partial charge in [-0.05, 0) is 59.4 Å². The van der Waals surface area contributed by atoms with Crippen molar-refractivity contribution in [2.45, 2.75) is 25.0 Å². The Morgan fingerprint density at radius 1 is 0.765 bits per heavy atom. The van der Waals surface area contributed by atoms with Crippen molar-refractivity contribution in [2.24, 2.45) is 0 Å². The fraction of sp³-hybridized carbons (Fsp3) is 0.423.